The van der Waals surface area contributed by atoms with Crippen LogP contribution in [0, 0.1) is 24.4 Å². The van der Waals surface area contributed by atoms with E-state index in [4.69, 9.17) is 16.3 Å². The summed E-state index contributed by atoms with van der Waals surface area (Å²) in [7, 11) is 1.42. The average Bonchev–Trinajstić information content (AvgIpc) is 2.79. The molecule has 4 rings (SSSR count). The number of aromatic nitrogens is 2. The van der Waals surface area contributed by atoms with E-state index in [1.165, 1.54) is 18.9 Å². The number of piperazine rings is 1. The van der Waals surface area contributed by atoms with E-state index in [1.807, 2.05) is 0 Å². The van der Waals surface area contributed by atoms with Crippen LogP contribution in [0.5, 0.6) is 5.88 Å². The van der Waals surface area contributed by atoms with Gasteiger partial charge in [0.25, 0.3) is 5.88 Å². The molecule has 2 heterocycles. The predicted molar refractivity (Wildman–Crippen MR) is 115 cm³/mol. The zero-order chi connectivity index (χ0) is 23.0. The molecule has 1 saturated heterocycles. The van der Waals surface area contributed by atoms with Gasteiger partial charge in [0.1, 0.15) is 0 Å². The third-order valence-electron chi connectivity index (χ3n) is 5.30. The molecule has 168 valence electrons. The van der Waals surface area contributed by atoms with Crippen molar-refractivity contribution >= 4 is 40.2 Å². The Morgan fingerprint density at radius 1 is 1.06 bits per heavy atom. The van der Waals surface area contributed by atoms with Crippen LogP contribution >= 0.6 is 11.6 Å². The first-order chi connectivity index (χ1) is 15.3. The number of carbonyl (C=O) groups excluding carboxylic acids is 1. The number of nitrogens with zero attached hydrogens (tertiary/aromatic N) is 4. The van der Waals surface area contributed by atoms with Crippen LogP contribution in [0.2, 0.25) is 5.02 Å². The monoisotopic (exact) mass is 465 g/mol. The van der Waals surface area contributed by atoms with Crippen molar-refractivity contribution in [2.24, 2.45) is 0 Å². The van der Waals surface area contributed by atoms with Gasteiger partial charge in [0.15, 0.2) is 23.3 Å². The number of carbonyl (C=O) groups is 1. The Hall–Kier alpha value is -3.27. The molecule has 1 fully saturated rings. The molecule has 1 N–H and O–H groups in total. The number of urea groups is 1. The van der Waals surface area contributed by atoms with Crippen molar-refractivity contribution in [1.29, 1.82) is 0 Å². The summed E-state index contributed by atoms with van der Waals surface area (Å²) in [6, 6.07) is 5.55. The summed E-state index contributed by atoms with van der Waals surface area (Å²) in [6.07, 6.45) is 0. The van der Waals surface area contributed by atoms with E-state index in [-0.39, 0.29) is 36.0 Å². The molecule has 0 aliphatic carbocycles. The Labute approximate surface area is 186 Å². The molecule has 0 bridgehead atoms. The van der Waals surface area contributed by atoms with E-state index in [0.29, 0.717) is 29.1 Å². The number of fused-ring (bicyclic) bond motifs is 1. The maximum absolute atomic E-state index is 13.9. The number of benzene rings is 2. The first kappa shape index (κ1) is 21.9. The van der Waals surface area contributed by atoms with Gasteiger partial charge in [0, 0.05) is 48.5 Å². The van der Waals surface area contributed by atoms with Crippen LogP contribution in [0.25, 0.3) is 11.0 Å². The fourth-order valence-corrected chi connectivity index (χ4v) is 3.73. The molecule has 2 amide bonds. The van der Waals surface area contributed by atoms with Gasteiger partial charge in [-0.1, -0.05) is 11.6 Å². The molecular weight excluding hydrogens is 447 g/mol. The molecule has 0 spiro atoms. The fraction of sp³-hybridized carbons (Fsp3) is 0.286. The summed E-state index contributed by atoms with van der Waals surface area (Å²) in [5.74, 6) is -3.64. The van der Waals surface area contributed by atoms with Gasteiger partial charge in [0.2, 0.25) is 0 Å². The number of methoxy groups -OCH3 is 1. The lowest BCUT2D eigenvalue weighted by molar-refractivity contribution is 0.208. The van der Waals surface area contributed by atoms with Crippen molar-refractivity contribution in [2.45, 2.75) is 6.92 Å². The summed E-state index contributed by atoms with van der Waals surface area (Å²) in [4.78, 5) is 24.7. The lowest BCUT2D eigenvalue weighted by atomic mass is 10.1. The maximum atomic E-state index is 13.9. The van der Waals surface area contributed by atoms with E-state index in [0.717, 1.165) is 6.07 Å². The Bertz CT molecular complexity index is 1200. The Morgan fingerprint density at radius 2 is 1.78 bits per heavy atom. The van der Waals surface area contributed by atoms with Gasteiger partial charge in [-0.15, -0.1) is 0 Å². The van der Waals surface area contributed by atoms with Crippen molar-refractivity contribution < 1.29 is 22.7 Å². The smallest absolute Gasteiger partial charge is 0.323 e. The predicted octanol–water partition coefficient (Wildman–Crippen LogP) is 4.37. The van der Waals surface area contributed by atoms with Crippen molar-refractivity contribution in [1.82, 2.24) is 14.9 Å². The number of anilines is 2. The van der Waals surface area contributed by atoms with Crippen molar-refractivity contribution in [3.05, 3.63) is 52.3 Å². The number of nitrogens with one attached hydrogen (secondary N) is 1. The summed E-state index contributed by atoms with van der Waals surface area (Å²) < 4.78 is 46.3. The third kappa shape index (κ3) is 4.10. The minimum Gasteiger partial charge on any atom is -0.478 e. The van der Waals surface area contributed by atoms with Crippen LogP contribution in [0.4, 0.5) is 29.5 Å². The fourth-order valence-electron chi connectivity index (χ4n) is 3.57. The summed E-state index contributed by atoms with van der Waals surface area (Å²) in [5.41, 5.74) is 1.35. The molecule has 0 saturated carbocycles. The van der Waals surface area contributed by atoms with Gasteiger partial charge in [0.05, 0.1) is 18.1 Å². The highest BCUT2D eigenvalue weighted by atomic mass is 35.5. The highest BCUT2D eigenvalue weighted by Crippen LogP contribution is 2.28. The third-order valence-corrected chi connectivity index (χ3v) is 5.53. The highest BCUT2D eigenvalue weighted by Gasteiger charge is 2.26. The Morgan fingerprint density at radius 3 is 2.47 bits per heavy atom. The molecule has 11 heteroatoms. The van der Waals surface area contributed by atoms with Crippen LogP contribution in [0.3, 0.4) is 0 Å². The molecule has 0 radical (unpaired) electrons. The van der Waals surface area contributed by atoms with Crippen LogP contribution < -0.4 is 15.0 Å². The number of amides is 2. The van der Waals surface area contributed by atoms with Crippen LogP contribution in [0.1, 0.15) is 5.56 Å². The number of rotatable bonds is 3. The van der Waals surface area contributed by atoms with Crippen LogP contribution in [-0.2, 0) is 0 Å². The molecule has 0 atom stereocenters. The number of halogens is 4. The molecular formula is C21H19ClF3N5O2. The molecule has 32 heavy (non-hydrogen) atoms. The maximum Gasteiger partial charge on any atom is 0.323 e. The van der Waals surface area contributed by atoms with E-state index in [1.54, 1.807) is 23.1 Å². The second-order valence-corrected chi connectivity index (χ2v) is 7.69. The van der Waals surface area contributed by atoms with Crippen molar-refractivity contribution in [3.8, 4) is 5.88 Å². The first-order valence-electron chi connectivity index (χ1n) is 9.74. The molecule has 1 aliphatic heterocycles. The zero-order valence-corrected chi connectivity index (χ0v) is 18.0. The molecule has 0 unspecified atom stereocenters. The first-order valence-corrected chi connectivity index (χ1v) is 10.1. The van der Waals surface area contributed by atoms with E-state index in [9.17, 15) is 18.0 Å². The van der Waals surface area contributed by atoms with E-state index >= 15 is 0 Å². The largest absolute Gasteiger partial charge is 0.478 e. The number of hydrogen-bond acceptors (Lipinski definition) is 5. The van der Waals surface area contributed by atoms with Crippen molar-refractivity contribution in [3.63, 3.8) is 0 Å². The summed E-state index contributed by atoms with van der Waals surface area (Å²) >= 11 is 6.01. The molecule has 2 aromatic carbocycles. The Balaban J connectivity index is 1.48. The van der Waals surface area contributed by atoms with Gasteiger partial charge >= 0.3 is 6.03 Å². The number of hydrogen-bond donors (Lipinski definition) is 1. The molecule has 3 aromatic rings. The summed E-state index contributed by atoms with van der Waals surface area (Å²) in [6.45, 7) is 2.58. The molecule has 1 aromatic heterocycles. The highest BCUT2D eigenvalue weighted by molar-refractivity contribution is 6.31. The van der Waals surface area contributed by atoms with Gasteiger partial charge in [-0.25, -0.2) is 27.9 Å². The van der Waals surface area contributed by atoms with Crippen molar-refractivity contribution in [2.75, 3.05) is 43.5 Å². The molecule has 1 aliphatic rings. The minimum atomic E-state index is -1.49. The minimum absolute atomic E-state index is 0.0247. The van der Waals surface area contributed by atoms with E-state index in [2.05, 4.69) is 15.3 Å². The SMILES string of the molecule is COc1nc2ccc(Cl)cc2nc1NC(=O)N1CCN(c2cc(F)c(F)c(F)c2C)CC1. The normalized spacial score (nSPS) is 14.1. The van der Waals surface area contributed by atoms with Crippen LogP contribution in [0.15, 0.2) is 24.3 Å². The molecule has 7 nitrogen and oxygen atoms in total. The van der Waals surface area contributed by atoms with Gasteiger partial charge in [-0.2, -0.15) is 0 Å². The van der Waals surface area contributed by atoms with E-state index < -0.39 is 23.5 Å². The quantitative estimate of drug-likeness (QED) is 0.582. The zero-order valence-electron chi connectivity index (χ0n) is 17.3. The summed E-state index contributed by atoms with van der Waals surface area (Å²) in [5, 5.41) is 3.17. The topological polar surface area (TPSA) is 70.6 Å². The lowest BCUT2D eigenvalue weighted by Crippen LogP contribution is -2.50. The Kier molecular flexibility index (Phi) is 5.96. The van der Waals surface area contributed by atoms with Gasteiger partial charge in [-0.05, 0) is 25.1 Å². The van der Waals surface area contributed by atoms with Crippen LogP contribution in [-0.4, -0.2) is 54.2 Å². The van der Waals surface area contributed by atoms with Gasteiger partial charge in [-0.3, -0.25) is 5.32 Å². The average molecular weight is 466 g/mol. The lowest BCUT2D eigenvalue weighted by Gasteiger charge is -2.36. The standard InChI is InChI=1S/C21H19ClF3N5O2/c1-11-16(10-13(23)18(25)17(11)24)29-5-7-30(8-6-29)21(31)28-19-20(32-2)27-14-4-3-12(22)9-15(14)26-19/h3-4,9-10H,5-8H2,1-2H3,(H,26,28,31). The number of ether oxygens (including phenoxy) is 1. The van der Waals surface area contributed by atoms with Gasteiger partial charge < -0.3 is 14.5 Å². The second-order valence-electron chi connectivity index (χ2n) is 7.25. The second kappa shape index (κ2) is 8.70.